The SMILES string of the molecule is Cc1cc(Cl)ccc1NC(=O)C1=Cc2sc3c(c2CS1)CCC(C)C3. The van der Waals surface area contributed by atoms with Crippen LogP contribution < -0.4 is 5.32 Å². The third-order valence-corrected chi connectivity index (χ3v) is 7.47. The number of anilines is 1. The summed E-state index contributed by atoms with van der Waals surface area (Å²) in [5.74, 6) is 1.66. The van der Waals surface area contributed by atoms with Gasteiger partial charge in [0.1, 0.15) is 0 Å². The molecule has 0 spiro atoms. The topological polar surface area (TPSA) is 29.1 Å². The molecule has 1 atom stereocenters. The first-order valence-corrected chi connectivity index (χ1v) is 10.7. The zero-order valence-electron chi connectivity index (χ0n) is 14.3. The van der Waals surface area contributed by atoms with Gasteiger partial charge in [0.25, 0.3) is 5.91 Å². The van der Waals surface area contributed by atoms with Gasteiger partial charge < -0.3 is 5.32 Å². The monoisotopic (exact) mass is 389 g/mol. The molecule has 5 heteroatoms. The average Bonchev–Trinajstić information content (AvgIpc) is 2.93. The van der Waals surface area contributed by atoms with Crippen LogP contribution in [0.2, 0.25) is 5.02 Å². The molecule has 2 aliphatic rings. The first-order chi connectivity index (χ1) is 12.0. The highest BCUT2D eigenvalue weighted by atomic mass is 35.5. The number of halogens is 1. The number of fused-ring (bicyclic) bond motifs is 3. The van der Waals surface area contributed by atoms with Gasteiger partial charge in [-0.2, -0.15) is 0 Å². The molecule has 0 saturated heterocycles. The van der Waals surface area contributed by atoms with Crippen LogP contribution in [-0.2, 0) is 23.4 Å². The maximum Gasteiger partial charge on any atom is 0.262 e. The lowest BCUT2D eigenvalue weighted by Gasteiger charge is -2.20. The van der Waals surface area contributed by atoms with Crippen molar-refractivity contribution in [3.63, 3.8) is 0 Å². The molecule has 1 aromatic heterocycles. The lowest BCUT2D eigenvalue weighted by molar-refractivity contribution is -0.112. The number of nitrogens with one attached hydrogen (secondary N) is 1. The van der Waals surface area contributed by atoms with Gasteiger partial charge in [-0.05, 0) is 73.1 Å². The van der Waals surface area contributed by atoms with Gasteiger partial charge in [-0.3, -0.25) is 4.79 Å². The molecule has 0 fully saturated rings. The molecule has 0 radical (unpaired) electrons. The zero-order valence-corrected chi connectivity index (χ0v) is 16.7. The fourth-order valence-electron chi connectivity index (χ4n) is 3.51. The van der Waals surface area contributed by atoms with Gasteiger partial charge in [-0.1, -0.05) is 18.5 Å². The van der Waals surface area contributed by atoms with Gasteiger partial charge in [-0.15, -0.1) is 23.1 Å². The van der Waals surface area contributed by atoms with Crippen LogP contribution in [-0.4, -0.2) is 5.91 Å². The molecular formula is C20H20ClNOS2. The Morgan fingerprint density at radius 2 is 2.16 bits per heavy atom. The average molecular weight is 390 g/mol. The van der Waals surface area contributed by atoms with E-state index in [2.05, 4.69) is 18.3 Å². The van der Waals surface area contributed by atoms with E-state index in [1.807, 2.05) is 30.4 Å². The smallest absolute Gasteiger partial charge is 0.262 e. The minimum atomic E-state index is -0.0270. The summed E-state index contributed by atoms with van der Waals surface area (Å²) in [5, 5.41) is 3.71. The van der Waals surface area contributed by atoms with E-state index in [1.54, 1.807) is 23.4 Å². The normalized spacial score (nSPS) is 19.0. The molecule has 0 bridgehead atoms. The van der Waals surface area contributed by atoms with Gasteiger partial charge in [0.15, 0.2) is 0 Å². The Kier molecular flexibility index (Phi) is 4.69. The van der Waals surface area contributed by atoms with E-state index in [-0.39, 0.29) is 5.91 Å². The summed E-state index contributed by atoms with van der Waals surface area (Å²) in [6.45, 7) is 4.29. The number of carbonyl (C=O) groups is 1. The molecule has 2 nitrogen and oxygen atoms in total. The van der Waals surface area contributed by atoms with Crippen molar-refractivity contribution in [1.29, 1.82) is 0 Å². The van der Waals surface area contributed by atoms with Crippen molar-refractivity contribution in [1.82, 2.24) is 0 Å². The highest BCUT2D eigenvalue weighted by Crippen LogP contribution is 2.43. The minimum Gasteiger partial charge on any atom is -0.321 e. The van der Waals surface area contributed by atoms with Crippen LogP contribution in [0.15, 0.2) is 23.1 Å². The second kappa shape index (κ2) is 6.82. The van der Waals surface area contributed by atoms with Crippen LogP contribution in [0, 0.1) is 12.8 Å². The van der Waals surface area contributed by atoms with Crippen LogP contribution in [0.1, 0.15) is 39.8 Å². The molecule has 130 valence electrons. The molecule has 1 aliphatic heterocycles. The number of amides is 1. The third kappa shape index (κ3) is 3.40. The summed E-state index contributed by atoms with van der Waals surface area (Å²) in [7, 11) is 0. The summed E-state index contributed by atoms with van der Waals surface area (Å²) < 4.78 is 0. The van der Waals surface area contributed by atoms with Crippen molar-refractivity contribution < 1.29 is 4.79 Å². The number of aryl methyl sites for hydroxylation is 1. The molecule has 4 rings (SSSR count). The zero-order chi connectivity index (χ0) is 17.6. The van der Waals surface area contributed by atoms with E-state index in [9.17, 15) is 4.79 Å². The molecular weight excluding hydrogens is 370 g/mol. The van der Waals surface area contributed by atoms with E-state index >= 15 is 0 Å². The molecule has 1 aromatic carbocycles. The van der Waals surface area contributed by atoms with Gasteiger partial charge in [0, 0.05) is 26.2 Å². The molecule has 1 aliphatic carbocycles. The summed E-state index contributed by atoms with van der Waals surface area (Å²) in [6.07, 6.45) is 5.75. The van der Waals surface area contributed by atoms with E-state index in [4.69, 9.17) is 11.6 Å². The first-order valence-electron chi connectivity index (χ1n) is 8.56. The molecule has 0 saturated carbocycles. The molecule has 1 N–H and O–H groups in total. The Hall–Kier alpha value is -1.23. The number of benzene rings is 1. The van der Waals surface area contributed by atoms with Crippen LogP contribution in [0.5, 0.6) is 0 Å². The Bertz CT molecular complexity index is 884. The van der Waals surface area contributed by atoms with Crippen molar-refractivity contribution in [3.05, 3.63) is 54.6 Å². The lowest BCUT2D eigenvalue weighted by atomic mass is 9.88. The predicted octanol–water partition coefficient (Wildman–Crippen LogP) is 6.06. The Balaban J connectivity index is 1.58. The number of hydrogen-bond donors (Lipinski definition) is 1. The molecule has 1 unspecified atom stereocenters. The minimum absolute atomic E-state index is 0.0270. The largest absolute Gasteiger partial charge is 0.321 e. The summed E-state index contributed by atoms with van der Waals surface area (Å²) in [4.78, 5) is 16.3. The highest BCUT2D eigenvalue weighted by molar-refractivity contribution is 8.03. The van der Waals surface area contributed by atoms with Crippen LogP contribution in [0.3, 0.4) is 0 Å². The van der Waals surface area contributed by atoms with Gasteiger partial charge >= 0.3 is 0 Å². The summed E-state index contributed by atoms with van der Waals surface area (Å²) in [6, 6.07) is 5.53. The van der Waals surface area contributed by atoms with Gasteiger partial charge in [0.05, 0.1) is 4.91 Å². The number of thioether (sulfide) groups is 1. The quantitative estimate of drug-likeness (QED) is 0.676. The van der Waals surface area contributed by atoms with E-state index in [0.717, 1.165) is 27.8 Å². The highest BCUT2D eigenvalue weighted by Gasteiger charge is 2.27. The number of thiophene rings is 1. The van der Waals surface area contributed by atoms with E-state index in [0.29, 0.717) is 5.02 Å². The fraction of sp³-hybridized carbons (Fsp3) is 0.350. The van der Waals surface area contributed by atoms with Crippen LogP contribution in [0.25, 0.3) is 6.08 Å². The predicted molar refractivity (Wildman–Crippen MR) is 110 cm³/mol. The lowest BCUT2D eigenvalue weighted by Crippen LogP contribution is -2.15. The summed E-state index contributed by atoms with van der Waals surface area (Å²) >= 11 is 9.53. The molecule has 25 heavy (non-hydrogen) atoms. The van der Waals surface area contributed by atoms with Crippen molar-refractivity contribution in [3.8, 4) is 0 Å². The maximum absolute atomic E-state index is 12.7. The van der Waals surface area contributed by atoms with Crippen LogP contribution in [0.4, 0.5) is 5.69 Å². The number of hydrogen-bond acceptors (Lipinski definition) is 3. The second-order valence-corrected chi connectivity index (χ2v) is 9.50. The molecule has 2 aromatic rings. The van der Waals surface area contributed by atoms with Gasteiger partial charge in [0.2, 0.25) is 0 Å². The second-order valence-electron chi connectivity index (χ2n) is 6.91. The molecule has 1 amide bonds. The Labute approximate surface area is 161 Å². The molecule has 2 heterocycles. The number of rotatable bonds is 2. The van der Waals surface area contributed by atoms with Crippen molar-refractivity contribution in [2.45, 2.75) is 38.9 Å². The fourth-order valence-corrected chi connectivity index (χ4v) is 6.39. The Morgan fingerprint density at radius 1 is 1.32 bits per heavy atom. The summed E-state index contributed by atoms with van der Waals surface area (Å²) in [5.41, 5.74) is 4.83. The van der Waals surface area contributed by atoms with E-state index in [1.165, 1.54) is 34.6 Å². The maximum atomic E-state index is 12.7. The Morgan fingerprint density at radius 3 is 2.96 bits per heavy atom. The first kappa shape index (κ1) is 17.2. The van der Waals surface area contributed by atoms with Crippen molar-refractivity contribution >= 4 is 52.4 Å². The van der Waals surface area contributed by atoms with Gasteiger partial charge in [-0.25, -0.2) is 0 Å². The van der Waals surface area contributed by atoms with Crippen molar-refractivity contribution in [2.24, 2.45) is 5.92 Å². The third-order valence-electron chi connectivity index (χ3n) is 4.95. The van der Waals surface area contributed by atoms with E-state index < -0.39 is 0 Å². The number of carbonyl (C=O) groups excluding carboxylic acids is 1. The van der Waals surface area contributed by atoms with Crippen molar-refractivity contribution in [2.75, 3.05) is 5.32 Å². The standard InChI is InChI=1S/C20H20ClNOS2/c1-11-3-5-14-15-10-24-19(9-18(15)25-17(14)7-11)20(23)22-16-6-4-13(21)8-12(16)2/h4,6,8-9,11H,3,5,7,10H2,1-2H3,(H,22,23). The van der Waals surface area contributed by atoms with Crippen LogP contribution >= 0.6 is 34.7 Å².